The summed E-state index contributed by atoms with van der Waals surface area (Å²) in [6.45, 7) is 2.67. The van der Waals surface area contributed by atoms with E-state index in [4.69, 9.17) is 5.73 Å². The monoisotopic (exact) mass is 333 g/mol. The van der Waals surface area contributed by atoms with Crippen molar-refractivity contribution >= 4 is 22.7 Å². The number of carbonyl (C=O) groups is 2. The highest BCUT2D eigenvalue weighted by atomic mass is 19.1. The molecule has 1 unspecified atom stereocenters. The zero-order valence-corrected chi connectivity index (χ0v) is 13.4. The van der Waals surface area contributed by atoms with Gasteiger partial charge in [-0.3, -0.25) is 14.5 Å². The van der Waals surface area contributed by atoms with E-state index in [1.807, 2.05) is 4.90 Å². The molecule has 2 aromatic heterocycles. The quantitative estimate of drug-likeness (QED) is 0.699. The van der Waals surface area contributed by atoms with Crippen LogP contribution in [0.1, 0.15) is 25.5 Å². The van der Waals surface area contributed by atoms with Gasteiger partial charge in [0.15, 0.2) is 0 Å². The van der Waals surface area contributed by atoms with Gasteiger partial charge in [-0.25, -0.2) is 4.98 Å². The number of rotatable bonds is 5. The number of likely N-dealkylation sites (tertiary alicyclic amines) is 1. The predicted molar refractivity (Wildman–Crippen MR) is 86.3 cm³/mol. The molecule has 0 saturated carbocycles. The summed E-state index contributed by atoms with van der Waals surface area (Å²) in [5, 5.41) is 3.20. The molecule has 1 aliphatic rings. The Morgan fingerprint density at radius 3 is 3.08 bits per heavy atom. The van der Waals surface area contributed by atoms with Crippen molar-refractivity contribution in [3.8, 4) is 0 Å². The van der Waals surface area contributed by atoms with Crippen LogP contribution in [0.3, 0.4) is 0 Å². The third kappa shape index (κ3) is 3.09. The van der Waals surface area contributed by atoms with E-state index in [2.05, 4.69) is 15.3 Å². The molecule has 0 aliphatic carbocycles. The second-order valence-corrected chi connectivity index (χ2v) is 6.05. The minimum Gasteiger partial charge on any atom is -0.368 e. The van der Waals surface area contributed by atoms with Crippen molar-refractivity contribution in [1.82, 2.24) is 20.2 Å². The van der Waals surface area contributed by atoms with Crippen LogP contribution < -0.4 is 11.1 Å². The number of hydrogen-bond acceptors (Lipinski definition) is 4. The SMILES string of the molecule is C[C@@H](C(=O)NCc1cc2c(F)nccc2[nH]1)N1CCCC1C(N)=O. The van der Waals surface area contributed by atoms with E-state index in [0.29, 0.717) is 29.6 Å². The van der Waals surface area contributed by atoms with Gasteiger partial charge < -0.3 is 16.0 Å². The number of halogens is 1. The fourth-order valence-corrected chi connectivity index (χ4v) is 3.21. The van der Waals surface area contributed by atoms with Crippen LogP contribution in [0.4, 0.5) is 4.39 Å². The minimum atomic E-state index is -0.545. The lowest BCUT2D eigenvalue weighted by atomic mass is 10.2. The fourth-order valence-electron chi connectivity index (χ4n) is 3.21. The second kappa shape index (κ2) is 6.56. The van der Waals surface area contributed by atoms with Gasteiger partial charge in [0.25, 0.3) is 0 Å². The van der Waals surface area contributed by atoms with Gasteiger partial charge in [-0.05, 0) is 38.4 Å². The molecule has 0 spiro atoms. The molecule has 1 aliphatic heterocycles. The van der Waals surface area contributed by atoms with Gasteiger partial charge in [0.05, 0.1) is 29.5 Å². The molecule has 3 rings (SSSR count). The Bertz CT molecular complexity index is 775. The lowest BCUT2D eigenvalue weighted by molar-refractivity contribution is -0.129. The van der Waals surface area contributed by atoms with E-state index < -0.39 is 17.9 Å². The lowest BCUT2D eigenvalue weighted by Gasteiger charge is -2.27. The molecule has 4 N–H and O–H groups in total. The Kier molecular flexibility index (Phi) is 4.48. The maximum absolute atomic E-state index is 13.6. The third-order valence-electron chi connectivity index (χ3n) is 4.51. The number of nitrogens with one attached hydrogen (secondary N) is 2. The first-order valence-electron chi connectivity index (χ1n) is 7.92. The second-order valence-electron chi connectivity index (χ2n) is 6.05. The summed E-state index contributed by atoms with van der Waals surface area (Å²) in [6, 6.07) is 2.46. The highest BCUT2D eigenvalue weighted by Crippen LogP contribution is 2.20. The molecule has 128 valence electrons. The molecule has 8 heteroatoms. The summed E-state index contributed by atoms with van der Waals surface area (Å²) in [4.78, 5) is 32.3. The Hall–Kier alpha value is -2.48. The van der Waals surface area contributed by atoms with Gasteiger partial charge in [0, 0.05) is 11.9 Å². The zero-order chi connectivity index (χ0) is 17.3. The normalized spacial score (nSPS) is 19.5. The summed E-state index contributed by atoms with van der Waals surface area (Å²) in [7, 11) is 0. The van der Waals surface area contributed by atoms with Gasteiger partial charge in [-0.2, -0.15) is 4.39 Å². The van der Waals surface area contributed by atoms with Crippen molar-refractivity contribution in [2.45, 2.75) is 38.4 Å². The van der Waals surface area contributed by atoms with Crippen LogP contribution >= 0.6 is 0 Å². The maximum atomic E-state index is 13.6. The number of carbonyl (C=O) groups excluding carboxylic acids is 2. The van der Waals surface area contributed by atoms with Crippen LogP contribution in [0.15, 0.2) is 18.3 Å². The molecular weight excluding hydrogens is 313 g/mol. The van der Waals surface area contributed by atoms with Crippen LogP contribution in [0, 0.1) is 5.95 Å². The van der Waals surface area contributed by atoms with Gasteiger partial charge in [0.2, 0.25) is 17.8 Å². The molecule has 1 saturated heterocycles. The number of aromatic amines is 1. The van der Waals surface area contributed by atoms with Gasteiger partial charge >= 0.3 is 0 Å². The molecular formula is C16H20FN5O2. The van der Waals surface area contributed by atoms with E-state index in [9.17, 15) is 14.0 Å². The van der Waals surface area contributed by atoms with E-state index in [1.54, 1.807) is 19.1 Å². The number of aromatic nitrogens is 2. The van der Waals surface area contributed by atoms with Crippen LogP contribution in [-0.2, 0) is 16.1 Å². The first-order chi connectivity index (χ1) is 11.5. The number of H-pyrrole nitrogens is 1. The number of hydrogen-bond donors (Lipinski definition) is 3. The summed E-state index contributed by atoms with van der Waals surface area (Å²) in [5.41, 5.74) is 6.71. The van der Waals surface area contributed by atoms with Crippen LogP contribution in [-0.4, -0.2) is 45.3 Å². The zero-order valence-electron chi connectivity index (χ0n) is 13.4. The highest BCUT2D eigenvalue weighted by molar-refractivity contribution is 5.85. The summed E-state index contributed by atoms with van der Waals surface area (Å²) < 4.78 is 13.6. The molecule has 24 heavy (non-hydrogen) atoms. The van der Waals surface area contributed by atoms with Crippen molar-refractivity contribution in [1.29, 1.82) is 0 Å². The first-order valence-corrected chi connectivity index (χ1v) is 7.92. The minimum absolute atomic E-state index is 0.194. The number of pyridine rings is 1. The number of nitrogens with zero attached hydrogens (tertiary/aromatic N) is 2. The average Bonchev–Trinajstić information content (AvgIpc) is 3.19. The molecule has 2 aromatic rings. The fraction of sp³-hybridized carbons (Fsp3) is 0.438. The Morgan fingerprint density at radius 1 is 1.58 bits per heavy atom. The van der Waals surface area contributed by atoms with Gasteiger partial charge in [0.1, 0.15) is 0 Å². The van der Waals surface area contributed by atoms with Crippen molar-refractivity contribution in [3.05, 3.63) is 30.0 Å². The van der Waals surface area contributed by atoms with Crippen molar-refractivity contribution < 1.29 is 14.0 Å². The Balaban J connectivity index is 1.64. The number of primary amides is 1. The molecule has 3 heterocycles. The van der Waals surface area contributed by atoms with Crippen molar-refractivity contribution in [2.24, 2.45) is 5.73 Å². The van der Waals surface area contributed by atoms with E-state index in [0.717, 1.165) is 6.42 Å². The van der Waals surface area contributed by atoms with Gasteiger partial charge in [-0.1, -0.05) is 0 Å². The smallest absolute Gasteiger partial charge is 0.237 e. The van der Waals surface area contributed by atoms with Crippen LogP contribution in [0.2, 0.25) is 0 Å². The Labute approximate surface area is 138 Å². The molecule has 7 nitrogen and oxygen atoms in total. The van der Waals surface area contributed by atoms with Crippen molar-refractivity contribution in [3.63, 3.8) is 0 Å². The van der Waals surface area contributed by atoms with E-state index in [1.165, 1.54) is 6.20 Å². The molecule has 2 atom stereocenters. The lowest BCUT2D eigenvalue weighted by Crippen LogP contribution is -2.50. The number of fused-ring (bicyclic) bond motifs is 1. The van der Waals surface area contributed by atoms with Crippen LogP contribution in [0.5, 0.6) is 0 Å². The van der Waals surface area contributed by atoms with Gasteiger partial charge in [-0.15, -0.1) is 0 Å². The van der Waals surface area contributed by atoms with Crippen molar-refractivity contribution in [2.75, 3.05) is 6.54 Å². The molecule has 0 aromatic carbocycles. The predicted octanol–water partition coefficient (Wildman–Crippen LogP) is 0.656. The largest absolute Gasteiger partial charge is 0.368 e. The number of amides is 2. The standard InChI is InChI=1S/C16H20FN5O2/c1-9(22-6-2-3-13(22)15(18)23)16(24)20-8-10-7-11-12(21-10)4-5-19-14(11)17/h4-5,7,9,13,21H,2-3,6,8H2,1H3,(H2,18,23)(H,20,24)/t9-,13?/m0/s1. The molecule has 0 bridgehead atoms. The molecule has 0 radical (unpaired) electrons. The Morgan fingerprint density at radius 2 is 2.38 bits per heavy atom. The third-order valence-corrected chi connectivity index (χ3v) is 4.51. The summed E-state index contributed by atoms with van der Waals surface area (Å²) in [6.07, 6.45) is 2.91. The van der Waals surface area contributed by atoms with E-state index >= 15 is 0 Å². The number of nitrogens with two attached hydrogens (primary N) is 1. The maximum Gasteiger partial charge on any atom is 0.237 e. The average molecular weight is 333 g/mol. The highest BCUT2D eigenvalue weighted by Gasteiger charge is 2.35. The summed E-state index contributed by atoms with van der Waals surface area (Å²) in [5.74, 6) is -1.14. The van der Waals surface area contributed by atoms with Crippen LogP contribution in [0.25, 0.3) is 10.9 Å². The molecule has 2 amide bonds. The van der Waals surface area contributed by atoms with E-state index in [-0.39, 0.29) is 18.5 Å². The topological polar surface area (TPSA) is 104 Å². The first kappa shape index (κ1) is 16.4. The molecule has 1 fully saturated rings. The summed E-state index contributed by atoms with van der Waals surface area (Å²) >= 11 is 0.